The molecule has 0 saturated carbocycles. The minimum absolute atomic E-state index is 0.0342. The van der Waals surface area contributed by atoms with Crippen LogP contribution in [0.3, 0.4) is 0 Å². The number of aryl methyl sites for hydroxylation is 1. The molecule has 0 aliphatic rings. The molecule has 0 fully saturated rings. The maximum Gasteiger partial charge on any atom is 0.258 e. The topological polar surface area (TPSA) is 46.9 Å². The van der Waals surface area contributed by atoms with Crippen LogP contribution in [0.5, 0.6) is 0 Å². The van der Waals surface area contributed by atoms with Gasteiger partial charge >= 0.3 is 0 Å². The van der Waals surface area contributed by atoms with Gasteiger partial charge < -0.3 is 4.57 Å². The van der Waals surface area contributed by atoms with Gasteiger partial charge in [0, 0.05) is 25.0 Å². The molecule has 0 saturated heterocycles. The van der Waals surface area contributed by atoms with Crippen LogP contribution in [0.25, 0.3) is 0 Å². The molecule has 0 spiro atoms. The summed E-state index contributed by atoms with van der Waals surface area (Å²) < 4.78 is 27.2. The predicted molar refractivity (Wildman–Crippen MR) is 57.5 cm³/mol. The molecule has 0 unspecified atom stereocenters. The van der Waals surface area contributed by atoms with Crippen LogP contribution in [0.1, 0.15) is 10.4 Å². The maximum absolute atomic E-state index is 12.9. The van der Waals surface area contributed by atoms with Gasteiger partial charge in [-0.05, 0) is 18.2 Å². The van der Waals surface area contributed by atoms with E-state index in [1.165, 1.54) is 12.3 Å². The fourth-order valence-electron chi connectivity index (χ4n) is 1.30. The molecule has 2 aromatic rings. The summed E-state index contributed by atoms with van der Waals surface area (Å²) in [4.78, 5) is 15.6. The van der Waals surface area contributed by atoms with Gasteiger partial charge in [0.2, 0.25) is 5.95 Å². The van der Waals surface area contributed by atoms with Gasteiger partial charge in [0.25, 0.3) is 5.91 Å². The molecular formula is C11H9F2N3O. The minimum Gasteiger partial charge on any atom is -0.320 e. The molecular weight excluding hydrogens is 228 g/mol. The fourth-order valence-corrected chi connectivity index (χ4v) is 1.30. The third-order valence-corrected chi connectivity index (χ3v) is 2.23. The number of carbonyl (C=O) groups excluding carboxylic acids is 1. The Morgan fingerprint density at radius 2 is 2.12 bits per heavy atom. The van der Waals surface area contributed by atoms with Crippen molar-refractivity contribution in [1.29, 1.82) is 0 Å². The van der Waals surface area contributed by atoms with Gasteiger partial charge in [-0.1, -0.05) is 0 Å². The first-order valence-electron chi connectivity index (χ1n) is 4.81. The van der Waals surface area contributed by atoms with Gasteiger partial charge in [0.1, 0.15) is 0 Å². The molecule has 1 amide bonds. The van der Waals surface area contributed by atoms with Crippen molar-refractivity contribution >= 4 is 11.9 Å². The zero-order valence-corrected chi connectivity index (χ0v) is 8.95. The Balaban J connectivity index is 2.20. The highest BCUT2D eigenvalue weighted by Crippen LogP contribution is 2.10. The van der Waals surface area contributed by atoms with Gasteiger partial charge in [0.05, 0.1) is 0 Å². The second kappa shape index (κ2) is 4.32. The van der Waals surface area contributed by atoms with E-state index in [9.17, 15) is 13.6 Å². The van der Waals surface area contributed by atoms with E-state index in [2.05, 4.69) is 10.3 Å². The normalized spacial score (nSPS) is 10.3. The van der Waals surface area contributed by atoms with E-state index >= 15 is 0 Å². The number of hydrogen-bond donors (Lipinski definition) is 1. The first kappa shape index (κ1) is 11.3. The number of nitrogens with one attached hydrogen (secondary N) is 1. The van der Waals surface area contributed by atoms with Crippen LogP contribution in [0, 0.1) is 11.6 Å². The Labute approximate surface area is 95.9 Å². The highest BCUT2D eigenvalue weighted by atomic mass is 19.2. The SMILES string of the molecule is Cn1ccnc1NC(=O)c1ccc(F)c(F)c1. The molecule has 17 heavy (non-hydrogen) atoms. The number of benzene rings is 1. The summed E-state index contributed by atoms with van der Waals surface area (Å²) in [6.45, 7) is 0. The van der Waals surface area contributed by atoms with Crippen molar-refractivity contribution in [3.8, 4) is 0 Å². The van der Waals surface area contributed by atoms with Gasteiger partial charge in [-0.15, -0.1) is 0 Å². The third-order valence-electron chi connectivity index (χ3n) is 2.23. The van der Waals surface area contributed by atoms with Crippen LogP contribution in [-0.4, -0.2) is 15.5 Å². The second-order valence-corrected chi connectivity index (χ2v) is 3.44. The summed E-state index contributed by atoms with van der Waals surface area (Å²) in [6.07, 6.45) is 3.17. The Morgan fingerprint density at radius 1 is 1.35 bits per heavy atom. The van der Waals surface area contributed by atoms with E-state index in [0.29, 0.717) is 5.95 Å². The van der Waals surface area contributed by atoms with E-state index in [4.69, 9.17) is 0 Å². The summed E-state index contributed by atoms with van der Waals surface area (Å²) >= 11 is 0. The number of carbonyl (C=O) groups is 1. The molecule has 1 aromatic carbocycles. The summed E-state index contributed by atoms with van der Waals surface area (Å²) in [5.41, 5.74) is 0.0342. The predicted octanol–water partition coefficient (Wildman–Crippen LogP) is 1.95. The molecule has 88 valence electrons. The van der Waals surface area contributed by atoms with Crippen molar-refractivity contribution in [3.63, 3.8) is 0 Å². The van der Waals surface area contributed by atoms with E-state index < -0.39 is 17.5 Å². The summed E-state index contributed by atoms with van der Waals surface area (Å²) in [6, 6.07) is 2.95. The van der Waals surface area contributed by atoms with E-state index in [-0.39, 0.29) is 5.56 Å². The average Bonchev–Trinajstić information content (AvgIpc) is 2.68. The van der Waals surface area contributed by atoms with Gasteiger partial charge in [-0.25, -0.2) is 13.8 Å². The third kappa shape index (κ3) is 2.30. The number of amides is 1. The summed E-state index contributed by atoms with van der Waals surface area (Å²) in [5.74, 6) is -2.26. The smallest absolute Gasteiger partial charge is 0.258 e. The lowest BCUT2D eigenvalue weighted by Crippen LogP contribution is -2.15. The molecule has 1 heterocycles. The maximum atomic E-state index is 12.9. The Bertz CT molecular complexity index is 566. The quantitative estimate of drug-likeness (QED) is 0.867. The lowest BCUT2D eigenvalue weighted by Gasteiger charge is -2.04. The van der Waals surface area contributed by atoms with Crippen molar-refractivity contribution in [2.45, 2.75) is 0 Å². The van der Waals surface area contributed by atoms with E-state index in [0.717, 1.165) is 12.1 Å². The first-order valence-corrected chi connectivity index (χ1v) is 4.81. The average molecular weight is 237 g/mol. The molecule has 0 atom stereocenters. The summed E-state index contributed by atoms with van der Waals surface area (Å²) in [5, 5.41) is 2.48. The number of imidazole rings is 1. The Kier molecular flexibility index (Phi) is 2.86. The Morgan fingerprint density at radius 3 is 2.71 bits per heavy atom. The first-order chi connectivity index (χ1) is 8.08. The molecule has 4 nitrogen and oxygen atoms in total. The van der Waals surface area contributed by atoms with Crippen molar-refractivity contribution < 1.29 is 13.6 Å². The molecule has 0 radical (unpaired) electrons. The molecule has 0 aliphatic heterocycles. The van der Waals surface area contributed by atoms with Crippen molar-refractivity contribution in [2.24, 2.45) is 7.05 Å². The number of aromatic nitrogens is 2. The number of nitrogens with zero attached hydrogens (tertiary/aromatic N) is 2. The van der Waals surface area contributed by atoms with Crippen LogP contribution in [-0.2, 0) is 7.05 Å². The zero-order chi connectivity index (χ0) is 12.4. The minimum atomic E-state index is -1.06. The van der Waals surface area contributed by atoms with Crippen LogP contribution in [0.4, 0.5) is 14.7 Å². The fraction of sp³-hybridized carbons (Fsp3) is 0.0909. The number of halogens is 2. The zero-order valence-electron chi connectivity index (χ0n) is 8.95. The molecule has 0 aliphatic carbocycles. The highest BCUT2D eigenvalue weighted by Gasteiger charge is 2.11. The second-order valence-electron chi connectivity index (χ2n) is 3.44. The molecule has 0 bridgehead atoms. The van der Waals surface area contributed by atoms with E-state index in [1.807, 2.05) is 0 Å². The van der Waals surface area contributed by atoms with Gasteiger partial charge in [-0.2, -0.15) is 0 Å². The number of anilines is 1. The summed E-state index contributed by atoms with van der Waals surface area (Å²) in [7, 11) is 1.70. The number of rotatable bonds is 2. The largest absolute Gasteiger partial charge is 0.320 e. The van der Waals surface area contributed by atoms with Gasteiger partial charge in [0.15, 0.2) is 11.6 Å². The molecule has 2 rings (SSSR count). The standard InChI is InChI=1S/C11H9F2N3O/c1-16-5-4-14-11(16)15-10(17)7-2-3-8(12)9(13)6-7/h2-6H,1H3,(H,14,15,17). The van der Waals surface area contributed by atoms with Crippen molar-refractivity contribution in [1.82, 2.24) is 9.55 Å². The number of hydrogen-bond acceptors (Lipinski definition) is 2. The van der Waals surface area contributed by atoms with Crippen LogP contribution < -0.4 is 5.32 Å². The Hall–Kier alpha value is -2.24. The monoisotopic (exact) mass is 237 g/mol. The van der Waals surface area contributed by atoms with Crippen LogP contribution in [0.15, 0.2) is 30.6 Å². The lowest BCUT2D eigenvalue weighted by atomic mass is 10.2. The van der Waals surface area contributed by atoms with Crippen molar-refractivity contribution in [2.75, 3.05) is 5.32 Å². The molecule has 1 N–H and O–H groups in total. The molecule has 1 aromatic heterocycles. The van der Waals surface area contributed by atoms with Crippen molar-refractivity contribution in [3.05, 3.63) is 47.8 Å². The highest BCUT2D eigenvalue weighted by molar-refractivity contribution is 6.03. The lowest BCUT2D eigenvalue weighted by molar-refractivity contribution is 0.102. The molecule has 6 heteroatoms. The van der Waals surface area contributed by atoms with Crippen LogP contribution in [0.2, 0.25) is 0 Å². The van der Waals surface area contributed by atoms with Gasteiger partial charge in [-0.3, -0.25) is 10.1 Å². The van der Waals surface area contributed by atoms with E-state index in [1.54, 1.807) is 17.8 Å². The van der Waals surface area contributed by atoms with Crippen LogP contribution >= 0.6 is 0 Å².